The number of aromatic amines is 1. The first-order chi connectivity index (χ1) is 8.36. The largest absolute Gasteiger partial charge is 0.349 e. The zero-order valence-corrected chi connectivity index (χ0v) is 12.2. The molecule has 1 saturated carbocycles. The predicted molar refractivity (Wildman–Crippen MR) is 75.5 cm³/mol. The topological polar surface area (TPSA) is 40.7 Å². The van der Waals surface area contributed by atoms with Crippen LogP contribution in [0.4, 0.5) is 0 Å². The maximum Gasteiger partial charge on any atom is 0.107 e. The molecule has 0 atom stereocenters. The van der Waals surface area contributed by atoms with E-state index in [-0.39, 0.29) is 0 Å². The average Bonchev–Trinajstić information content (AvgIpc) is 2.65. The van der Waals surface area contributed by atoms with E-state index in [0.717, 1.165) is 18.8 Å². The summed E-state index contributed by atoms with van der Waals surface area (Å²) in [4.78, 5) is 7.42. The van der Waals surface area contributed by atoms with Gasteiger partial charge in [-0.15, -0.1) is 0 Å². The summed E-state index contributed by atoms with van der Waals surface area (Å²) < 4.78 is 0. The summed E-state index contributed by atoms with van der Waals surface area (Å²) in [6, 6.07) is 0.652. The van der Waals surface area contributed by atoms with E-state index in [1.54, 1.807) is 0 Å². The molecule has 3 nitrogen and oxygen atoms in total. The monoisotopic (exact) mass is 249 g/mol. The van der Waals surface area contributed by atoms with Crippen LogP contribution in [-0.4, -0.2) is 22.6 Å². The molecule has 102 valence electrons. The van der Waals surface area contributed by atoms with Gasteiger partial charge in [0.2, 0.25) is 0 Å². The summed E-state index contributed by atoms with van der Waals surface area (Å²) in [5.74, 6) is 1.08. The molecule has 3 heteroatoms. The van der Waals surface area contributed by atoms with Gasteiger partial charge in [0, 0.05) is 31.4 Å². The predicted octanol–water partition coefficient (Wildman–Crippen LogP) is 3.15. The highest BCUT2D eigenvalue weighted by Gasteiger charge is 2.37. The van der Waals surface area contributed by atoms with Gasteiger partial charge in [-0.2, -0.15) is 0 Å². The number of imidazole rings is 1. The molecule has 0 bridgehead atoms. The van der Waals surface area contributed by atoms with Crippen molar-refractivity contribution in [1.29, 1.82) is 0 Å². The van der Waals surface area contributed by atoms with Crippen LogP contribution < -0.4 is 5.32 Å². The third-order valence-corrected chi connectivity index (χ3v) is 3.90. The molecule has 0 spiro atoms. The molecule has 1 aliphatic carbocycles. The molecule has 0 radical (unpaired) electrons. The van der Waals surface area contributed by atoms with Crippen molar-refractivity contribution in [1.82, 2.24) is 15.3 Å². The zero-order chi connectivity index (χ0) is 13.2. The number of H-pyrrole nitrogens is 1. The fraction of sp³-hybridized carbons (Fsp3) is 0.800. The highest BCUT2D eigenvalue weighted by Crippen LogP contribution is 2.45. The maximum absolute atomic E-state index is 4.26. The second kappa shape index (κ2) is 5.04. The highest BCUT2D eigenvalue weighted by atomic mass is 14.9. The first kappa shape index (κ1) is 13.6. The van der Waals surface area contributed by atoms with E-state index >= 15 is 0 Å². The van der Waals surface area contributed by atoms with Crippen LogP contribution in [0, 0.1) is 10.8 Å². The number of rotatable bonds is 4. The Morgan fingerprint density at radius 1 is 1.28 bits per heavy atom. The fourth-order valence-electron chi connectivity index (χ4n) is 3.82. The molecule has 1 heterocycles. The van der Waals surface area contributed by atoms with Gasteiger partial charge in [0.05, 0.1) is 0 Å². The number of aromatic nitrogens is 2. The van der Waals surface area contributed by atoms with Crippen LogP contribution in [0.1, 0.15) is 52.8 Å². The second-order valence-corrected chi connectivity index (χ2v) is 7.35. The minimum atomic E-state index is 0.462. The van der Waals surface area contributed by atoms with Crippen LogP contribution in [0.5, 0.6) is 0 Å². The molecule has 2 N–H and O–H groups in total. The molecule has 0 saturated heterocycles. The molecule has 0 aromatic carbocycles. The Labute approximate surface area is 111 Å². The first-order valence-electron chi connectivity index (χ1n) is 7.08. The van der Waals surface area contributed by atoms with E-state index in [1.165, 1.54) is 19.3 Å². The lowest BCUT2D eigenvalue weighted by Crippen LogP contribution is -2.44. The molecule has 1 fully saturated rings. The van der Waals surface area contributed by atoms with Gasteiger partial charge in [-0.1, -0.05) is 27.7 Å². The van der Waals surface area contributed by atoms with E-state index in [4.69, 9.17) is 0 Å². The third-order valence-electron chi connectivity index (χ3n) is 3.90. The summed E-state index contributed by atoms with van der Waals surface area (Å²) >= 11 is 0. The average molecular weight is 249 g/mol. The Kier molecular flexibility index (Phi) is 3.81. The first-order valence-corrected chi connectivity index (χ1v) is 7.08. The van der Waals surface area contributed by atoms with Crippen LogP contribution in [-0.2, 0) is 6.42 Å². The van der Waals surface area contributed by atoms with Gasteiger partial charge in [0.15, 0.2) is 0 Å². The maximum atomic E-state index is 4.26. The normalized spacial score (nSPS) is 23.1. The third kappa shape index (κ3) is 3.84. The van der Waals surface area contributed by atoms with Crippen molar-refractivity contribution in [3.63, 3.8) is 0 Å². The van der Waals surface area contributed by atoms with Crippen molar-refractivity contribution in [2.75, 3.05) is 6.54 Å². The molecule has 0 aliphatic heterocycles. The number of hydrogen-bond acceptors (Lipinski definition) is 2. The summed E-state index contributed by atoms with van der Waals surface area (Å²) in [6.45, 7) is 10.6. The van der Waals surface area contributed by atoms with Gasteiger partial charge in [0.1, 0.15) is 5.82 Å². The Morgan fingerprint density at radius 2 is 1.94 bits per heavy atom. The number of hydrogen-bond donors (Lipinski definition) is 2. The quantitative estimate of drug-likeness (QED) is 0.860. The summed E-state index contributed by atoms with van der Waals surface area (Å²) in [7, 11) is 0. The number of nitrogens with zero attached hydrogens (tertiary/aromatic N) is 1. The molecule has 0 amide bonds. The van der Waals surface area contributed by atoms with Gasteiger partial charge < -0.3 is 10.3 Å². The lowest BCUT2D eigenvalue weighted by atomic mass is 9.63. The summed E-state index contributed by atoms with van der Waals surface area (Å²) in [6.07, 6.45) is 8.61. The molecule has 0 unspecified atom stereocenters. The molecule has 2 rings (SSSR count). The molecular formula is C15H27N3. The number of nitrogens with one attached hydrogen (secondary N) is 2. The molecule has 1 aromatic heterocycles. The summed E-state index contributed by atoms with van der Waals surface area (Å²) in [5.41, 5.74) is 0.925. The lowest BCUT2D eigenvalue weighted by molar-refractivity contribution is 0.0854. The van der Waals surface area contributed by atoms with Crippen molar-refractivity contribution in [3.8, 4) is 0 Å². The standard InChI is InChI=1S/C15H27N3/c1-14(2)9-12(10-15(3,4)11-14)16-6-5-13-17-7-8-18-13/h7-8,12,16H,5-6,9-11H2,1-4H3,(H,17,18). The van der Waals surface area contributed by atoms with Crippen LogP contribution in [0.25, 0.3) is 0 Å². The van der Waals surface area contributed by atoms with Crippen LogP contribution in [0.2, 0.25) is 0 Å². The van der Waals surface area contributed by atoms with Crippen molar-refractivity contribution >= 4 is 0 Å². The van der Waals surface area contributed by atoms with E-state index in [1.807, 2.05) is 12.4 Å². The zero-order valence-electron chi connectivity index (χ0n) is 12.2. The van der Waals surface area contributed by atoms with Crippen molar-refractivity contribution in [3.05, 3.63) is 18.2 Å². The minimum Gasteiger partial charge on any atom is -0.349 e. The van der Waals surface area contributed by atoms with Crippen molar-refractivity contribution < 1.29 is 0 Å². The highest BCUT2D eigenvalue weighted by molar-refractivity contribution is 4.93. The van der Waals surface area contributed by atoms with Crippen LogP contribution >= 0.6 is 0 Å². The summed E-state index contributed by atoms with van der Waals surface area (Å²) in [5, 5.41) is 3.71. The van der Waals surface area contributed by atoms with E-state index in [0.29, 0.717) is 16.9 Å². The SMILES string of the molecule is CC1(C)CC(NCCc2ncc[nH]2)CC(C)(C)C1. The smallest absolute Gasteiger partial charge is 0.107 e. The Hall–Kier alpha value is -0.830. The fourth-order valence-corrected chi connectivity index (χ4v) is 3.82. The molecule has 1 aliphatic rings. The second-order valence-electron chi connectivity index (χ2n) is 7.35. The Bertz CT molecular complexity index is 349. The van der Waals surface area contributed by atoms with E-state index < -0.39 is 0 Å². The van der Waals surface area contributed by atoms with Gasteiger partial charge in [0.25, 0.3) is 0 Å². The Morgan fingerprint density at radius 3 is 2.50 bits per heavy atom. The molecular weight excluding hydrogens is 222 g/mol. The van der Waals surface area contributed by atoms with Crippen molar-refractivity contribution in [2.45, 2.75) is 59.4 Å². The van der Waals surface area contributed by atoms with Crippen LogP contribution in [0.15, 0.2) is 12.4 Å². The van der Waals surface area contributed by atoms with Gasteiger partial charge in [-0.25, -0.2) is 4.98 Å². The van der Waals surface area contributed by atoms with Crippen LogP contribution in [0.3, 0.4) is 0 Å². The van der Waals surface area contributed by atoms with Gasteiger partial charge >= 0.3 is 0 Å². The Balaban J connectivity index is 1.82. The minimum absolute atomic E-state index is 0.462. The van der Waals surface area contributed by atoms with Crippen molar-refractivity contribution in [2.24, 2.45) is 10.8 Å². The molecule has 1 aromatic rings. The van der Waals surface area contributed by atoms with Gasteiger partial charge in [-0.3, -0.25) is 0 Å². The van der Waals surface area contributed by atoms with E-state index in [2.05, 4.69) is 43.0 Å². The van der Waals surface area contributed by atoms with E-state index in [9.17, 15) is 0 Å². The lowest BCUT2D eigenvalue weighted by Gasteiger charge is -2.45. The van der Waals surface area contributed by atoms with Gasteiger partial charge in [-0.05, 0) is 30.1 Å². The molecule has 18 heavy (non-hydrogen) atoms.